The molecule has 5 nitrogen and oxygen atoms in total. The van der Waals surface area contributed by atoms with E-state index >= 15 is 0 Å². The summed E-state index contributed by atoms with van der Waals surface area (Å²) in [5.41, 5.74) is 1.24. The molecule has 0 aliphatic rings. The SMILES string of the molecule is CC(C)(C)c1csc(NC(=O)c2cccnc2Oc2ccccc2)n1. The molecule has 0 aliphatic carbocycles. The summed E-state index contributed by atoms with van der Waals surface area (Å²) in [4.78, 5) is 21.3. The molecule has 0 saturated carbocycles. The maximum Gasteiger partial charge on any atom is 0.262 e. The molecule has 2 aromatic heterocycles. The lowest BCUT2D eigenvalue weighted by Crippen LogP contribution is -2.15. The van der Waals surface area contributed by atoms with Crippen molar-refractivity contribution in [2.24, 2.45) is 0 Å². The van der Waals surface area contributed by atoms with E-state index in [1.54, 1.807) is 18.3 Å². The van der Waals surface area contributed by atoms with E-state index < -0.39 is 0 Å². The van der Waals surface area contributed by atoms with Crippen LogP contribution in [0.15, 0.2) is 54.0 Å². The molecule has 0 atom stereocenters. The number of benzene rings is 1. The second kappa shape index (κ2) is 7.03. The van der Waals surface area contributed by atoms with Crippen LogP contribution in [0.3, 0.4) is 0 Å². The zero-order valence-electron chi connectivity index (χ0n) is 14.3. The Morgan fingerprint density at radius 3 is 2.56 bits per heavy atom. The Morgan fingerprint density at radius 1 is 1.12 bits per heavy atom. The normalized spacial score (nSPS) is 11.2. The maximum absolute atomic E-state index is 12.6. The monoisotopic (exact) mass is 353 g/mol. The van der Waals surface area contributed by atoms with Gasteiger partial charge in [-0.05, 0) is 24.3 Å². The first kappa shape index (κ1) is 17.1. The molecule has 0 aliphatic heterocycles. The molecule has 3 rings (SSSR count). The summed E-state index contributed by atoms with van der Waals surface area (Å²) in [6, 6.07) is 12.6. The van der Waals surface area contributed by atoms with Gasteiger partial charge < -0.3 is 4.74 Å². The third kappa shape index (κ3) is 4.22. The lowest BCUT2D eigenvalue weighted by Gasteiger charge is -2.14. The number of hydrogen-bond donors (Lipinski definition) is 1. The molecule has 1 amide bonds. The minimum atomic E-state index is -0.297. The second-order valence-corrected chi connectivity index (χ2v) is 7.37. The standard InChI is InChI=1S/C19H19N3O2S/c1-19(2,3)15-12-25-18(21-15)22-16(23)14-10-7-11-20-17(14)24-13-8-5-4-6-9-13/h4-12H,1-3H3,(H,21,22,23). The molecule has 0 saturated heterocycles. The van der Waals surface area contributed by atoms with Crippen LogP contribution in [0.4, 0.5) is 5.13 Å². The molecular weight excluding hydrogens is 334 g/mol. The summed E-state index contributed by atoms with van der Waals surface area (Å²) in [5, 5.41) is 5.34. The van der Waals surface area contributed by atoms with Crippen molar-refractivity contribution in [1.82, 2.24) is 9.97 Å². The fraction of sp³-hybridized carbons (Fsp3) is 0.211. The molecule has 2 heterocycles. The van der Waals surface area contributed by atoms with Crippen molar-refractivity contribution in [2.75, 3.05) is 5.32 Å². The number of amides is 1. The number of rotatable bonds is 4. The minimum absolute atomic E-state index is 0.0602. The Labute approximate surface area is 150 Å². The van der Waals surface area contributed by atoms with Crippen LogP contribution in [0.25, 0.3) is 0 Å². The van der Waals surface area contributed by atoms with E-state index in [9.17, 15) is 4.79 Å². The van der Waals surface area contributed by atoms with E-state index in [1.165, 1.54) is 11.3 Å². The van der Waals surface area contributed by atoms with Gasteiger partial charge in [0.15, 0.2) is 5.13 Å². The predicted molar refractivity (Wildman–Crippen MR) is 99.5 cm³/mol. The number of aromatic nitrogens is 2. The summed E-state index contributed by atoms with van der Waals surface area (Å²) in [7, 11) is 0. The maximum atomic E-state index is 12.6. The predicted octanol–water partition coefficient (Wildman–Crippen LogP) is 4.88. The summed E-state index contributed by atoms with van der Waals surface area (Å²) in [5.74, 6) is 0.590. The number of carbonyl (C=O) groups excluding carboxylic acids is 1. The first-order valence-electron chi connectivity index (χ1n) is 7.89. The van der Waals surface area contributed by atoms with Gasteiger partial charge in [0.2, 0.25) is 5.88 Å². The number of nitrogens with zero attached hydrogens (tertiary/aromatic N) is 2. The van der Waals surface area contributed by atoms with E-state index in [-0.39, 0.29) is 17.2 Å². The first-order chi connectivity index (χ1) is 11.9. The first-order valence-corrected chi connectivity index (χ1v) is 8.77. The van der Waals surface area contributed by atoms with Crippen molar-refractivity contribution in [1.29, 1.82) is 0 Å². The van der Waals surface area contributed by atoms with Crippen molar-refractivity contribution >= 4 is 22.4 Å². The molecule has 0 spiro atoms. The van der Waals surface area contributed by atoms with Gasteiger partial charge in [0.25, 0.3) is 5.91 Å². The number of thiazole rings is 1. The highest BCUT2D eigenvalue weighted by molar-refractivity contribution is 7.14. The molecular formula is C19H19N3O2S. The van der Waals surface area contributed by atoms with Gasteiger partial charge in [-0.15, -0.1) is 11.3 Å². The highest BCUT2D eigenvalue weighted by Gasteiger charge is 2.20. The Balaban J connectivity index is 1.80. The van der Waals surface area contributed by atoms with Gasteiger partial charge in [-0.3, -0.25) is 10.1 Å². The quantitative estimate of drug-likeness (QED) is 0.726. The van der Waals surface area contributed by atoms with Crippen LogP contribution in [0.5, 0.6) is 11.6 Å². The number of hydrogen-bond acceptors (Lipinski definition) is 5. The number of nitrogens with one attached hydrogen (secondary N) is 1. The summed E-state index contributed by atoms with van der Waals surface area (Å²) in [6.07, 6.45) is 1.59. The molecule has 3 aromatic rings. The third-order valence-corrected chi connectivity index (χ3v) is 4.22. The van der Waals surface area contributed by atoms with E-state index in [2.05, 4.69) is 36.1 Å². The Hall–Kier alpha value is -2.73. The topological polar surface area (TPSA) is 64.1 Å². The zero-order valence-corrected chi connectivity index (χ0v) is 15.1. The molecule has 1 N–H and O–H groups in total. The fourth-order valence-corrected chi connectivity index (χ4v) is 3.02. The largest absolute Gasteiger partial charge is 0.438 e. The van der Waals surface area contributed by atoms with Gasteiger partial charge in [0, 0.05) is 17.0 Å². The molecule has 0 unspecified atom stereocenters. The van der Waals surface area contributed by atoms with Gasteiger partial charge in [0.1, 0.15) is 11.3 Å². The molecule has 0 bridgehead atoms. The minimum Gasteiger partial charge on any atom is -0.438 e. The van der Waals surface area contributed by atoms with Crippen LogP contribution in [0, 0.1) is 0 Å². The van der Waals surface area contributed by atoms with Crippen LogP contribution in [0.2, 0.25) is 0 Å². The molecule has 1 aromatic carbocycles. The highest BCUT2D eigenvalue weighted by atomic mass is 32.1. The van der Waals surface area contributed by atoms with E-state index in [0.29, 0.717) is 16.4 Å². The molecule has 0 fully saturated rings. The van der Waals surface area contributed by atoms with Crippen molar-refractivity contribution in [2.45, 2.75) is 26.2 Å². The van der Waals surface area contributed by atoms with Crippen molar-refractivity contribution in [3.05, 3.63) is 65.3 Å². The summed E-state index contributed by atoms with van der Waals surface area (Å²) < 4.78 is 5.74. The van der Waals surface area contributed by atoms with E-state index in [4.69, 9.17) is 4.74 Å². The van der Waals surface area contributed by atoms with Crippen LogP contribution in [0.1, 0.15) is 36.8 Å². The average Bonchev–Trinajstić information content (AvgIpc) is 3.05. The smallest absolute Gasteiger partial charge is 0.262 e. The van der Waals surface area contributed by atoms with Gasteiger partial charge >= 0.3 is 0 Å². The van der Waals surface area contributed by atoms with Crippen LogP contribution in [-0.4, -0.2) is 15.9 Å². The third-order valence-electron chi connectivity index (χ3n) is 3.47. The lowest BCUT2D eigenvalue weighted by atomic mass is 9.93. The van der Waals surface area contributed by atoms with E-state index in [1.807, 2.05) is 35.7 Å². The van der Waals surface area contributed by atoms with Gasteiger partial charge in [-0.1, -0.05) is 39.0 Å². The number of para-hydroxylation sites is 1. The molecule has 128 valence electrons. The van der Waals surface area contributed by atoms with Crippen LogP contribution >= 0.6 is 11.3 Å². The number of anilines is 1. The molecule has 25 heavy (non-hydrogen) atoms. The fourth-order valence-electron chi connectivity index (χ4n) is 2.09. The zero-order chi connectivity index (χ0) is 17.9. The van der Waals surface area contributed by atoms with Gasteiger partial charge in [-0.2, -0.15) is 0 Å². The Bertz CT molecular complexity index is 870. The van der Waals surface area contributed by atoms with Gasteiger partial charge in [-0.25, -0.2) is 9.97 Å². The molecule has 6 heteroatoms. The number of pyridine rings is 1. The van der Waals surface area contributed by atoms with E-state index in [0.717, 1.165) is 5.69 Å². The highest BCUT2D eigenvalue weighted by Crippen LogP contribution is 2.28. The summed E-state index contributed by atoms with van der Waals surface area (Å²) >= 11 is 1.40. The Kier molecular flexibility index (Phi) is 4.81. The summed E-state index contributed by atoms with van der Waals surface area (Å²) in [6.45, 7) is 6.25. The Morgan fingerprint density at radius 2 is 1.88 bits per heavy atom. The average molecular weight is 353 g/mol. The lowest BCUT2D eigenvalue weighted by molar-refractivity contribution is 0.102. The molecule has 0 radical (unpaired) electrons. The van der Waals surface area contributed by atoms with Gasteiger partial charge in [0.05, 0.1) is 5.69 Å². The number of carbonyl (C=O) groups is 1. The van der Waals surface area contributed by atoms with Crippen LogP contribution < -0.4 is 10.1 Å². The van der Waals surface area contributed by atoms with Crippen LogP contribution in [-0.2, 0) is 5.41 Å². The van der Waals surface area contributed by atoms with Crippen molar-refractivity contribution < 1.29 is 9.53 Å². The second-order valence-electron chi connectivity index (χ2n) is 6.51. The van der Waals surface area contributed by atoms with Crippen molar-refractivity contribution in [3.8, 4) is 11.6 Å². The number of ether oxygens (including phenoxy) is 1. The van der Waals surface area contributed by atoms with Crippen molar-refractivity contribution in [3.63, 3.8) is 0 Å².